The summed E-state index contributed by atoms with van der Waals surface area (Å²) in [6, 6.07) is 10.7. The van der Waals surface area contributed by atoms with Crippen molar-refractivity contribution in [3.05, 3.63) is 66.1 Å². The van der Waals surface area contributed by atoms with Crippen molar-refractivity contribution in [2.24, 2.45) is 0 Å². The molecule has 2 aromatic rings. The van der Waals surface area contributed by atoms with Crippen molar-refractivity contribution in [3.63, 3.8) is 0 Å². The van der Waals surface area contributed by atoms with Crippen molar-refractivity contribution in [2.75, 3.05) is 13.2 Å². The maximum atomic E-state index is 12.5. The van der Waals surface area contributed by atoms with E-state index in [9.17, 15) is 14.4 Å². The molecule has 0 radical (unpaired) electrons. The maximum absolute atomic E-state index is 12.5. The molecule has 0 atom stereocenters. The number of ether oxygens (including phenoxy) is 2. The van der Waals surface area contributed by atoms with Gasteiger partial charge >= 0.3 is 11.9 Å². The lowest BCUT2D eigenvalue weighted by molar-refractivity contribution is -0.146. The Morgan fingerprint density at radius 2 is 1.56 bits per heavy atom. The lowest BCUT2D eigenvalue weighted by atomic mass is 10.1. The highest BCUT2D eigenvalue weighted by Gasteiger charge is 2.21. The van der Waals surface area contributed by atoms with Crippen molar-refractivity contribution in [2.45, 2.75) is 13.8 Å². The second-order valence-corrected chi connectivity index (χ2v) is 5.20. The molecule has 0 aliphatic rings. The number of para-hydroxylation sites is 1. The lowest BCUT2D eigenvalue weighted by Gasteiger charge is -2.11. The van der Waals surface area contributed by atoms with Gasteiger partial charge in [-0.05, 0) is 38.1 Å². The SMILES string of the molecule is CCOC(=O)C(=CNNC(=O)c1ccccc1-n1cccc1)C(=O)OCC. The number of nitrogens with zero attached hydrogens (tertiary/aromatic N) is 1. The molecule has 1 aromatic carbocycles. The third-order valence-electron chi connectivity index (χ3n) is 3.42. The van der Waals surface area contributed by atoms with Gasteiger partial charge in [-0.1, -0.05) is 12.1 Å². The summed E-state index contributed by atoms with van der Waals surface area (Å²) in [7, 11) is 0. The molecule has 0 aliphatic heterocycles. The van der Waals surface area contributed by atoms with E-state index in [1.807, 2.05) is 30.6 Å². The van der Waals surface area contributed by atoms with Gasteiger partial charge in [-0.15, -0.1) is 0 Å². The topological polar surface area (TPSA) is 98.7 Å². The molecule has 1 amide bonds. The van der Waals surface area contributed by atoms with Crippen LogP contribution < -0.4 is 10.9 Å². The van der Waals surface area contributed by atoms with Gasteiger partial charge in [0.15, 0.2) is 5.57 Å². The van der Waals surface area contributed by atoms with Crippen LogP contribution in [-0.2, 0) is 19.1 Å². The Balaban J connectivity index is 2.13. The highest BCUT2D eigenvalue weighted by Crippen LogP contribution is 2.14. The Bertz CT molecular complexity index is 808. The number of nitrogens with one attached hydrogen (secondary N) is 2. The van der Waals surface area contributed by atoms with Crippen LogP contribution in [0.5, 0.6) is 0 Å². The van der Waals surface area contributed by atoms with Crippen LogP contribution in [0.15, 0.2) is 60.6 Å². The molecule has 0 aliphatic carbocycles. The molecular formula is C19H21N3O5. The summed E-state index contributed by atoms with van der Waals surface area (Å²) < 4.78 is 11.4. The van der Waals surface area contributed by atoms with E-state index in [1.54, 1.807) is 36.6 Å². The molecule has 27 heavy (non-hydrogen) atoms. The van der Waals surface area contributed by atoms with E-state index in [0.29, 0.717) is 11.3 Å². The van der Waals surface area contributed by atoms with Crippen molar-refractivity contribution in [1.82, 2.24) is 15.4 Å². The molecule has 8 heteroatoms. The first-order valence-corrected chi connectivity index (χ1v) is 8.41. The minimum Gasteiger partial charge on any atom is -0.462 e. The van der Waals surface area contributed by atoms with Gasteiger partial charge in [0.2, 0.25) is 0 Å². The first-order valence-electron chi connectivity index (χ1n) is 8.41. The van der Waals surface area contributed by atoms with Gasteiger partial charge in [-0.25, -0.2) is 9.59 Å². The van der Waals surface area contributed by atoms with Crippen molar-refractivity contribution in [3.8, 4) is 5.69 Å². The minimum atomic E-state index is -0.842. The van der Waals surface area contributed by atoms with Crippen LogP contribution in [0, 0.1) is 0 Å². The second-order valence-electron chi connectivity index (χ2n) is 5.20. The van der Waals surface area contributed by atoms with Gasteiger partial charge in [0.25, 0.3) is 5.91 Å². The summed E-state index contributed by atoms with van der Waals surface area (Å²) in [5, 5.41) is 0. The number of aromatic nitrogens is 1. The summed E-state index contributed by atoms with van der Waals surface area (Å²) in [4.78, 5) is 36.2. The van der Waals surface area contributed by atoms with Gasteiger partial charge < -0.3 is 19.5 Å². The zero-order valence-corrected chi connectivity index (χ0v) is 15.1. The fraction of sp³-hybridized carbons (Fsp3) is 0.211. The van der Waals surface area contributed by atoms with E-state index < -0.39 is 17.8 Å². The number of carbonyl (C=O) groups is 3. The van der Waals surface area contributed by atoms with E-state index in [-0.39, 0.29) is 18.8 Å². The molecule has 0 saturated heterocycles. The Labute approximate surface area is 156 Å². The molecule has 1 heterocycles. The molecule has 2 N–H and O–H groups in total. The van der Waals surface area contributed by atoms with E-state index in [2.05, 4.69) is 10.9 Å². The number of benzene rings is 1. The van der Waals surface area contributed by atoms with E-state index in [4.69, 9.17) is 9.47 Å². The Kier molecular flexibility index (Phi) is 7.18. The number of rotatable bonds is 8. The molecule has 2 rings (SSSR count). The van der Waals surface area contributed by atoms with Crippen LogP contribution in [-0.4, -0.2) is 35.6 Å². The second kappa shape index (κ2) is 9.81. The molecule has 142 valence electrons. The van der Waals surface area contributed by atoms with E-state index in [0.717, 1.165) is 6.20 Å². The van der Waals surface area contributed by atoms with Gasteiger partial charge in [0.05, 0.1) is 24.5 Å². The molecule has 0 spiro atoms. The molecule has 0 saturated carbocycles. The van der Waals surface area contributed by atoms with Gasteiger partial charge in [0, 0.05) is 18.6 Å². The average Bonchev–Trinajstić information content (AvgIpc) is 3.20. The monoisotopic (exact) mass is 371 g/mol. The predicted molar refractivity (Wildman–Crippen MR) is 97.7 cm³/mol. The van der Waals surface area contributed by atoms with Gasteiger partial charge in [-0.2, -0.15) is 0 Å². The quantitative estimate of drug-likeness (QED) is 0.241. The lowest BCUT2D eigenvalue weighted by Crippen LogP contribution is -2.35. The molecule has 0 bridgehead atoms. The number of amides is 1. The molecule has 8 nitrogen and oxygen atoms in total. The maximum Gasteiger partial charge on any atom is 0.347 e. The van der Waals surface area contributed by atoms with Gasteiger partial charge in [-0.3, -0.25) is 10.2 Å². The molecule has 0 unspecified atom stereocenters. The number of hydrazine groups is 1. The Morgan fingerprint density at radius 3 is 2.15 bits per heavy atom. The number of esters is 2. The normalized spacial score (nSPS) is 9.85. The zero-order valence-electron chi connectivity index (χ0n) is 15.1. The zero-order chi connectivity index (χ0) is 19.6. The van der Waals surface area contributed by atoms with E-state index >= 15 is 0 Å². The summed E-state index contributed by atoms with van der Waals surface area (Å²) in [6.07, 6.45) is 4.68. The third kappa shape index (κ3) is 5.21. The number of carbonyl (C=O) groups excluding carboxylic acids is 3. The molecule has 0 fully saturated rings. The Morgan fingerprint density at radius 1 is 0.963 bits per heavy atom. The standard InChI is InChI=1S/C19H21N3O5/c1-3-26-18(24)15(19(25)27-4-2)13-20-21-17(23)14-9-5-6-10-16(14)22-11-7-8-12-22/h5-13,20H,3-4H2,1-2H3,(H,21,23). The highest BCUT2D eigenvalue weighted by molar-refractivity contribution is 6.14. The molecule has 1 aromatic heterocycles. The number of hydrogen-bond acceptors (Lipinski definition) is 6. The smallest absolute Gasteiger partial charge is 0.347 e. The fourth-order valence-electron chi connectivity index (χ4n) is 2.25. The molecular weight excluding hydrogens is 350 g/mol. The first kappa shape index (κ1) is 19.8. The average molecular weight is 371 g/mol. The van der Waals surface area contributed by atoms with Crippen LogP contribution in [0.3, 0.4) is 0 Å². The third-order valence-corrected chi connectivity index (χ3v) is 3.42. The van der Waals surface area contributed by atoms with Crippen molar-refractivity contribution in [1.29, 1.82) is 0 Å². The predicted octanol–water partition coefficient (Wildman–Crippen LogP) is 1.72. The van der Waals surface area contributed by atoms with Crippen LogP contribution in [0.25, 0.3) is 5.69 Å². The van der Waals surface area contributed by atoms with Crippen molar-refractivity contribution >= 4 is 17.8 Å². The summed E-state index contributed by atoms with van der Waals surface area (Å²) in [6.45, 7) is 3.44. The van der Waals surface area contributed by atoms with Crippen LogP contribution in [0.1, 0.15) is 24.2 Å². The van der Waals surface area contributed by atoms with Crippen molar-refractivity contribution < 1.29 is 23.9 Å². The largest absolute Gasteiger partial charge is 0.462 e. The van der Waals surface area contributed by atoms with Crippen LogP contribution in [0.4, 0.5) is 0 Å². The van der Waals surface area contributed by atoms with Crippen LogP contribution >= 0.6 is 0 Å². The number of hydrogen-bond donors (Lipinski definition) is 2. The van der Waals surface area contributed by atoms with Crippen LogP contribution in [0.2, 0.25) is 0 Å². The fourth-order valence-corrected chi connectivity index (χ4v) is 2.25. The summed E-state index contributed by atoms with van der Waals surface area (Å²) in [5.41, 5.74) is 5.63. The summed E-state index contributed by atoms with van der Waals surface area (Å²) >= 11 is 0. The minimum absolute atomic E-state index is 0.103. The first-order chi connectivity index (χ1) is 13.1. The summed E-state index contributed by atoms with van der Waals surface area (Å²) in [5.74, 6) is -2.13. The van der Waals surface area contributed by atoms with Gasteiger partial charge in [0.1, 0.15) is 0 Å². The Hall–Kier alpha value is -3.55. The van der Waals surface area contributed by atoms with E-state index in [1.165, 1.54) is 0 Å². The highest BCUT2D eigenvalue weighted by atomic mass is 16.6.